The van der Waals surface area contributed by atoms with E-state index in [9.17, 15) is 0 Å². The van der Waals surface area contributed by atoms with Gasteiger partial charge < -0.3 is 10.1 Å². The van der Waals surface area contributed by atoms with Crippen molar-refractivity contribution in [3.63, 3.8) is 0 Å². The number of halogens is 1. The Kier molecular flexibility index (Phi) is 6.70. The van der Waals surface area contributed by atoms with Crippen molar-refractivity contribution in [3.05, 3.63) is 20.8 Å². The molecular formula is C13H22BrNOS. The molecule has 1 heterocycles. The molecule has 4 heteroatoms. The molecule has 0 saturated carbocycles. The Morgan fingerprint density at radius 2 is 2.18 bits per heavy atom. The molecule has 0 aliphatic carbocycles. The summed E-state index contributed by atoms with van der Waals surface area (Å²) >= 11 is 5.39. The maximum atomic E-state index is 5.87. The molecule has 1 rings (SSSR count). The molecule has 2 nitrogen and oxygen atoms in total. The normalized spacial score (nSPS) is 15.2. The Hall–Kier alpha value is 0.1000. The average Bonchev–Trinajstić information content (AvgIpc) is 2.69. The summed E-state index contributed by atoms with van der Waals surface area (Å²) in [7, 11) is 2.01. The molecule has 0 fully saturated rings. The molecule has 0 aromatic carbocycles. The maximum Gasteiger partial charge on any atom is 0.0754 e. The van der Waals surface area contributed by atoms with E-state index in [1.807, 2.05) is 7.05 Å². The fraction of sp³-hybridized carbons (Fsp3) is 0.692. The molecule has 0 aliphatic heterocycles. The monoisotopic (exact) mass is 319 g/mol. The summed E-state index contributed by atoms with van der Waals surface area (Å²) in [5, 5.41) is 5.52. The van der Waals surface area contributed by atoms with Crippen LogP contribution in [0.5, 0.6) is 0 Å². The second-order valence-electron chi connectivity index (χ2n) is 4.45. The SMILES string of the molecule is CCOC(C(C)C)C(Cc1sccc1Br)NC. The Balaban J connectivity index is 2.72. The first kappa shape index (κ1) is 15.2. The molecule has 1 aromatic heterocycles. The van der Waals surface area contributed by atoms with Gasteiger partial charge in [-0.15, -0.1) is 11.3 Å². The van der Waals surface area contributed by atoms with Gasteiger partial charge in [0.15, 0.2) is 0 Å². The molecule has 17 heavy (non-hydrogen) atoms. The largest absolute Gasteiger partial charge is 0.377 e. The predicted molar refractivity (Wildman–Crippen MR) is 78.8 cm³/mol. The van der Waals surface area contributed by atoms with E-state index >= 15 is 0 Å². The quantitative estimate of drug-likeness (QED) is 0.827. The molecule has 98 valence electrons. The fourth-order valence-corrected chi connectivity index (χ4v) is 3.59. The molecule has 1 aromatic rings. The molecule has 0 amide bonds. The first-order valence-electron chi connectivity index (χ1n) is 6.10. The van der Waals surface area contributed by atoms with Gasteiger partial charge >= 0.3 is 0 Å². The average molecular weight is 320 g/mol. The zero-order valence-electron chi connectivity index (χ0n) is 11.0. The predicted octanol–water partition coefficient (Wildman–Crippen LogP) is 3.70. The van der Waals surface area contributed by atoms with Gasteiger partial charge in [-0.1, -0.05) is 13.8 Å². The molecule has 0 bridgehead atoms. The van der Waals surface area contributed by atoms with E-state index in [1.54, 1.807) is 11.3 Å². The standard InChI is InChI=1S/C13H22BrNOS/c1-5-16-13(9(2)3)11(15-4)8-12-10(14)6-7-17-12/h6-7,9,11,13,15H,5,8H2,1-4H3. The Bertz CT molecular complexity index is 327. The second kappa shape index (κ2) is 7.52. The van der Waals surface area contributed by atoms with Gasteiger partial charge in [0.2, 0.25) is 0 Å². The van der Waals surface area contributed by atoms with Crippen LogP contribution >= 0.6 is 27.3 Å². The summed E-state index contributed by atoms with van der Waals surface area (Å²) in [6.07, 6.45) is 1.27. The minimum atomic E-state index is 0.263. The van der Waals surface area contributed by atoms with Crippen molar-refractivity contribution in [2.75, 3.05) is 13.7 Å². The van der Waals surface area contributed by atoms with E-state index in [-0.39, 0.29) is 6.10 Å². The van der Waals surface area contributed by atoms with Gasteiger partial charge in [-0.25, -0.2) is 0 Å². The van der Waals surface area contributed by atoms with Crippen LogP contribution < -0.4 is 5.32 Å². The fourth-order valence-electron chi connectivity index (χ4n) is 2.02. The highest BCUT2D eigenvalue weighted by atomic mass is 79.9. The highest BCUT2D eigenvalue weighted by molar-refractivity contribution is 9.10. The van der Waals surface area contributed by atoms with Gasteiger partial charge in [-0.2, -0.15) is 0 Å². The zero-order valence-corrected chi connectivity index (χ0v) is 13.4. The van der Waals surface area contributed by atoms with E-state index in [4.69, 9.17) is 4.74 Å². The van der Waals surface area contributed by atoms with Crippen LogP contribution in [0.3, 0.4) is 0 Å². The van der Waals surface area contributed by atoms with Gasteiger partial charge in [0.25, 0.3) is 0 Å². The number of likely N-dealkylation sites (N-methyl/N-ethyl adjacent to an activating group) is 1. The van der Waals surface area contributed by atoms with E-state index in [1.165, 1.54) is 9.35 Å². The zero-order chi connectivity index (χ0) is 12.8. The lowest BCUT2D eigenvalue weighted by Gasteiger charge is -2.29. The highest BCUT2D eigenvalue weighted by Crippen LogP contribution is 2.26. The Morgan fingerprint density at radius 3 is 2.59 bits per heavy atom. The smallest absolute Gasteiger partial charge is 0.0754 e. The van der Waals surface area contributed by atoms with E-state index < -0.39 is 0 Å². The third-order valence-corrected chi connectivity index (χ3v) is 4.83. The molecule has 0 saturated heterocycles. The number of rotatable bonds is 7. The van der Waals surface area contributed by atoms with Crippen LogP contribution in [-0.4, -0.2) is 25.8 Å². The number of hydrogen-bond donors (Lipinski definition) is 1. The van der Waals surface area contributed by atoms with Crippen LogP contribution in [0.2, 0.25) is 0 Å². The lowest BCUT2D eigenvalue weighted by atomic mass is 9.96. The van der Waals surface area contributed by atoms with Gasteiger partial charge in [0.05, 0.1) is 6.10 Å². The van der Waals surface area contributed by atoms with Gasteiger partial charge in [-0.05, 0) is 47.3 Å². The molecule has 0 aliphatic rings. The molecule has 1 N–H and O–H groups in total. The maximum absolute atomic E-state index is 5.87. The van der Waals surface area contributed by atoms with Crippen molar-refractivity contribution in [1.82, 2.24) is 5.32 Å². The Labute approximate surface area is 117 Å². The third kappa shape index (κ3) is 4.36. The third-order valence-electron chi connectivity index (χ3n) is 2.88. The summed E-state index contributed by atoms with van der Waals surface area (Å²) in [6, 6.07) is 2.47. The first-order valence-corrected chi connectivity index (χ1v) is 7.78. The summed E-state index contributed by atoms with van der Waals surface area (Å²) < 4.78 is 7.08. The molecule has 0 spiro atoms. The summed E-state index contributed by atoms with van der Waals surface area (Å²) in [4.78, 5) is 1.38. The highest BCUT2D eigenvalue weighted by Gasteiger charge is 2.24. The van der Waals surface area contributed by atoms with E-state index in [0.717, 1.165) is 13.0 Å². The lowest BCUT2D eigenvalue weighted by molar-refractivity contribution is 0.00550. The van der Waals surface area contributed by atoms with Crippen molar-refractivity contribution in [3.8, 4) is 0 Å². The topological polar surface area (TPSA) is 21.3 Å². The van der Waals surface area contributed by atoms with Crippen LogP contribution in [0.15, 0.2) is 15.9 Å². The summed E-state index contributed by atoms with van der Waals surface area (Å²) in [5.41, 5.74) is 0. The van der Waals surface area contributed by atoms with Crippen LogP contribution in [0, 0.1) is 5.92 Å². The van der Waals surface area contributed by atoms with Crippen LogP contribution in [0.25, 0.3) is 0 Å². The first-order chi connectivity index (χ1) is 8.10. The van der Waals surface area contributed by atoms with Crippen molar-refractivity contribution in [1.29, 1.82) is 0 Å². The molecule has 2 unspecified atom stereocenters. The minimum absolute atomic E-state index is 0.263. The van der Waals surface area contributed by atoms with Crippen molar-refractivity contribution >= 4 is 27.3 Å². The van der Waals surface area contributed by atoms with Crippen LogP contribution in [0.1, 0.15) is 25.6 Å². The summed E-state index contributed by atoms with van der Waals surface area (Å²) in [6.45, 7) is 7.26. The number of thiophene rings is 1. The van der Waals surface area contributed by atoms with Crippen LogP contribution in [0.4, 0.5) is 0 Å². The number of hydrogen-bond acceptors (Lipinski definition) is 3. The number of ether oxygens (including phenoxy) is 1. The van der Waals surface area contributed by atoms with Crippen molar-refractivity contribution in [2.45, 2.75) is 39.3 Å². The number of nitrogens with one attached hydrogen (secondary N) is 1. The minimum Gasteiger partial charge on any atom is -0.377 e. The van der Waals surface area contributed by atoms with Gasteiger partial charge in [0, 0.05) is 28.4 Å². The second-order valence-corrected chi connectivity index (χ2v) is 6.31. The van der Waals surface area contributed by atoms with E-state index in [2.05, 4.69) is 53.5 Å². The van der Waals surface area contributed by atoms with Crippen LogP contribution in [-0.2, 0) is 11.2 Å². The van der Waals surface area contributed by atoms with Gasteiger partial charge in [0.1, 0.15) is 0 Å². The van der Waals surface area contributed by atoms with Gasteiger partial charge in [-0.3, -0.25) is 0 Å². The molecule has 0 radical (unpaired) electrons. The molecular weight excluding hydrogens is 298 g/mol. The van der Waals surface area contributed by atoms with E-state index in [0.29, 0.717) is 12.0 Å². The van der Waals surface area contributed by atoms with Crippen molar-refractivity contribution in [2.24, 2.45) is 5.92 Å². The van der Waals surface area contributed by atoms with Crippen molar-refractivity contribution < 1.29 is 4.74 Å². The lowest BCUT2D eigenvalue weighted by Crippen LogP contribution is -2.44. The Morgan fingerprint density at radius 1 is 1.47 bits per heavy atom. The summed E-state index contributed by atoms with van der Waals surface area (Å²) in [5.74, 6) is 0.520. The molecule has 2 atom stereocenters.